The van der Waals surface area contributed by atoms with E-state index in [4.69, 9.17) is 4.74 Å². The number of hydrogen-bond acceptors (Lipinski definition) is 3. The smallest absolute Gasteiger partial charge is 0.246 e. The summed E-state index contributed by atoms with van der Waals surface area (Å²) in [4.78, 5) is 34.6. The van der Waals surface area contributed by atoms with Crippen LogP contribution in [0.25, 0.3) is 10.9 Å². The van der Waals surface area contributed by atoms with Crippen molar-refractivity contribution in [3.63, 3.8) is 0 Å². The minimum atomic E-state index is -0.514. The lowest BCUT2D eigenvalue weighted by Crippen LogP contribution is -2.63. The molecule has 2 aliphatic heterocycles. The minimum absolute atomic E-state index is 0.00999. The van der Waals surface area contributed by atoms with Gasteiger partial charge in [-0.2, -0.15) is 0 Å². The van der Waals surface area contributed by atoms with Gasteiger partial charge in [-0.25, -0.2) is 0 Å². The normalized spacial score (nSPS) is 19.4. The number of aryl methyl sites for hydroxylation is 1. The molecule has 2 atom stereocenters. The van der Waals surface area contributed by atoms with E-state index in [1.807, 2.05) is 41.3 Å². The molecule has 36 heavy (non-hydrogen) atoms. The van der Waals surface area contributed by atoms with Gasteiger partial charge in [0.15, 0.2) is 0 Å². The number of rotatable bonds is 5. The summed E-state index contributed by atoms with van der Waals surface area (Å²) in [6.07, 6.45) is 1.21. The highest BCUT2D eigenvalue weighted by Crippen LogP contribution is 2.42. The Morgan fingerprint density at radius 1 is 0.972 bits per heavy atom. The molecule has 6 nitrogen and oxygen atoms in total. The molecular formula is C30H29N3O3. The molecule has 6 heteroatoms. The van der Waals surface area contributed by atoms with Crippen LogP contribution in [0.2, 0.25) is 0 Å². The van der Waals surface area contributed by atoms with Crippen LogP contribution in [0.1, 0.15) is 34.0 Å². The number of amides is 2. The van der Waals surface area contributed by atoms with Crippen molar-refractivity contribution in [1.29, 1.82) is 0 Å². The summed E-state index contributed by atoms with van der Waals surface area (Å²) in [6.45, 7) is 2.67. The fourth-order valence-electron chi connectivity index (χ4n) is 5.66. The van der Waals surface area contributed by atoms with E-state index in [0.29, 0.717) is 19.4 Å². The molecule has 1 fully saturated rings. The Hall–Kier alpha value is -4.06. The second-order valence-electron chi connectivity index (χ2n) is 9.75. The number of carbonyl (C=O) groups excluding carboxylic acids is 2. The maximum atomic E-state index is 13.8. The first kappa shape index (κ1) is 22.4. The lowest BCUT2D eigenvalue weighted by atomic mass is 9.86. The van der Waals surface area contributed by atoms with E-state index in [1.165, 1.54) is 0 Å². The van der Waals surface area contributed by atoms with Crippen LogP contribution in [0.15, 0.2) is 72.8 Å². The first-order valence-corrected chi connectivity index (χ1v) is 12.4. The molecule has 0 spiro atoms. The molecule has 6 rings (SSSR count). The number of piperazine rings is 1. The standard InChI is InChI=1S/C30H29N3O3/c1-19-7-11-21(12-8-19)29-28-24(23-5-3-4-6-25(23)31-28)17-26-30(35)32(18-27(34)33(26)29)16-15-20-9-13-22(36-2)14-10-20/h3-14,26,29,31H,15-18H2,1-2H3/t26-,29+/m0/s1. The molecule has 1 saturated heterocycles. The Morgan fingerprint density at radius 3 is 2.47 bits per heavy atom. The molecule has 0 aliphatic carbocycles. The van der Waals surface area contributed by atoms with E-state index in [2.05, 4.69) is 48.3 Å². The number of aromatic nitrogens is 1. The highest BCUT2D eigenvalue weighted by Gasteiger charge is 2.48. The van der Waals surface area contributed by atoms with Gasteiger partial charge in [0.05, 0.1) is 19.7 Å². The quantitative estimate of drug-likeness (QED) is 0.461. The molecule has 4 aromatic rings. The zero-order valence-corrected chi connectivity index (χ0v) is 20.5. The van der Waals surface area contributed by atoms with Crippen molar-refractivity contribution in [3.05, 3.63) is 101 Å². The summed E-state index contributed by atoms with van der Waals surface area (Å²) in [6, 6.07) is 23.5. The molecule has 0 bridgehead atoms. The summed E-state index contributed by atoms with van der Waals surface area (Å²) in [5.41, 5.74) is 6.48. The van der Waals surface area contributed by atoms with Crippen LogP contribution >= 0.6 is 0 Å². The largest absolute Gasteiger partial charge is 0.497 e. The van der Waals surface area contributed by atoms with Gasteiger partial charge in [0, 0.05) is 29.6 Å². The molecule has 0 unspecified atom stereocenters. The van der Waals surface area contributed by atoms with E-state index < -0.39 is 6.04 Å². The van der Waals surface area contributed by atoms with Gasteiger partial charge in [0.25, 0.3) is 0 Å². The predicted octanol–water partition coefficient (Wildman–Crippen LogP) is 4.41. The summed E-state index contributed by atoms with van der Waals surface area (Å²) in [7, 11) is 1.64. The number of aromatic amines is 1. The van der Waals surface area contributed by atoms with Crippen LogP contribution in [0, 0.1) is 6.92 Å². The topological polar surface area (TPSA) is 65.6 Å². The molecule has 0 saturated carbocycles. The van der Waals surface area contributed by atoms with Gasteiger partial charge in [0.1, 0.15) is 11.8 Å². The third-order valence-corrected chi connectivity index (χ3v) is 7.56. The van der Waals surface area contributed by atoms with E-state index in [0.717, 1.165) is 44.6 Å². The van der Waals surface area contributed by atoms with E-state index in [1.54, 1.807) is 12.0 Å². The van der Waals surface area contributed by atoms with Crippen LogP contribution < -0.4 is 4.74 Å². The molecule has 1 aromatic heterocycles. The van der Waals surface area contributed by atoms with Gasteiger partial charge in [-0.3, -0.25) is 9.59 Å². The maximum absolute atomic E-state index is 13.8. The molecule has 0 radical (unpaired) electrons. The highest BCUT2D eigenvalue weighted by atomic mass is 16.5. The molecule has 2 aliphatic rings. The molecule has 182 valence electrons. The van der Waals surface area contributed by atoms with Gasteiger partial charge >= 0.3 is 0 Å². The van der Waals surface area contributed by atoms with Crippen LogP contribution in [0.5, 0.6) is 5.75 Å². The molecule has 3 heterocycles. The van der Waals surface area contributed by atoms with E-state index >= 15 is 0 Å². The summed E-state index contributed by atoms with van der Waals surface area (Å²) >= 11 is 0. The first-order valence-electron chi connectivity index (χ1n) is 12.4. The van der Waals surface area contributed by atoms with Gasteiger partial charge in [-0.1, -0.05) is 60.2 Å². The maximum Gasteiger partial charge on any atom is 0.246 e. The number of H-pyrrole nitrogens is 1. The Labute approximate surface area is 210 Å². The summed E-state index contributed by atoms with van der Waals surface area (Å²) < 4.78 is 5.24. The van der Waals surface area contributed by atoms with Crippen molar-refractivity contribution in [2.75, 3.05) is 20.2 Å². The molecular weight excluding hydrogens is 450 g/mol. The van der Waals surface area contributed by atoms with Crippen LogP contribution in [-0.2, 0) is 22.4 Å². The first-order chi connectivity index (χ1) is 17.5. The van der Waals surface area contributed by atoms with Crippen LogP contribution in [-0.4, -0.2) is 52.8 Å². The Kier molecular flexibility index (Phi) is 5.52. The number of benzene rings is 3. The number of para-hydroxylation sites is 1. The Morgan fingerprint density at radius 2 is 1.72 bits per heavy atom. The van der Waals surface area contributed by atoms with Gasteiger partial charge in [-0.15, -0.1) is 0 Å². The van der Waals surface area contributed by atoms with Crippen LogP contribution in [0.4, 0.5) is 0 Å². The number of fused-ring (bicyclic) bond motifs is 4. The van der Waals surface area contributed by atoms with Crippen molar-refractivity contribution < 1.29 is 14.3 Å². The monoisotopic (exact) mass is 479 g/mol. The molecule has 1 N–H and O–H groups in total. The zero-order valence-electron chi connectivity index (χ0n) is 20.5. The van der Waals surface area contributed by atoms with Crippen molar-refractivity contribution in [1.82, 2.24) is 14.8 Å². The second-order valence-corrected chi connectivity index (χ2v) is 9.75. The molecule has 3 aromatic carbocycles. The predicted molar refractivity (Wildman–Crippen MR) is 139 cm³/mol. The van der Waals surface area contributed by atoms with E-state index in [-0.39, 0.29) is 24.4 Å². The number of hydrogen-bond donors (Lipinski definition) is 1. The Balaban J connectivity index is 1.35. The number of carbonyl (C=O) groups is 2. The molecule has 2 amide bonds. The number of methoxy groups -OCH3 is 1. The zero-order chi connectivity index (χ0) is 24.8. The fourth-order valence-corrected chi connectivity index (χ4v) is 5.66. The summed E-state index contributed by atoms with van der Waals surface area (Å²) in [5.74, 6) is 0.817. The average Bonchev–Trinajstić information content (AvgIpc) is 3.28. The number of nitrogens with zero attached hydrogens (tertiary/aromatic N) is 2. The lowest BCUT2D eigenvalue weighted by molar-refractivity contribution is -0.158. The summed E-state index contributed by atoms with van der Waals surface area (Å²) in [5, 5.41) is 1.12. The van der Waals surface area contributed by atoms with Gasteiger partial charge in [-0.05, 0) is 48.2 Å². The highest BCUT2D eigenvalue weighted by molar-refractivity contribution is 5.97. The number of nitrogens with one attached hydrogen (secondary N) is 1. The van der Waals surface area contributed by atoms with Crippen molar-refractivity contribution in [2.45, 2.75) is 31.8 Å². The third kappa shape index (κ3) is 3.73. The van der Waals surface area contributed by atoms with Crippen LogP contribution in [0.3, 0.4) is 0 Å². The van der Waals surface area contributed by atoms with Gasteiger partial charge < -0.3 is 19.5 Å². The SMILES string of the molecule is COc1ccc(CCN2CC(=O)N3[C@H](c4ccc(C)cc4)c4[nH]c5ccccc5c4C[C@H]3C2=O)cc1. The second kappa shape index (κ2) is 8.86. The minimum Gasteiger partial charge on any atom is -0.497 e. The fraction of sp³-hybridized carbons (Fsp3) is 0.267. The van der Waals surface area contributed by atoms with Crippen molar-refractivity contribution >= 4 is 22.7 Å². The lowest BCUT2D eigenvalue weighted by Gasteiger charge is -2.47. The number of ether oxygens (including phenoxy) is 1. The third-order valence-electron chi connectivity index (χ3n) is 7.56. The van der Waals surface area contributed by atoms with E-state index in [9.17, 15) is 9.59 Å². The Bertz CT molecular complexity index is 1440. The van der Waals surface area contributed by atoms with Crippen molar-refractivity contribution in [2.24, 2.45) is 0 Å². The average molecular weight is 480 g/mol. The van der Waals surface area contributed by atoms with Crippen molar-refractivity contribution in [3.8, 4) is 5.75 Å². The van der Waals surface area contributed by atoms with Gasteiger partial charge in [0.2, 0.25) is 11.8 Å².